The van der Waals surface area contributed by atoms with Gasteiger partial charge < -0.3 is 5.11 Å². The molecule has 0 saturated carbocycles. The fourth-order valence-corrected chi connectivity index (χ4v) is 2.40. The number of rotatable bonds is 2. The highest BCUT2D eigenvalue weighted by Gasteiger charge is 2.02. The molecule has 4 heteroatoms. The van der Waals surface area contributed by atoms with Gasteiger partial charge in [0.15, 0.2) is 4.34 Å². The Hall–Kier alpha value is -0.220. The average Bonchev–Trinajstić information content (AvgIpc) is 2.13. The van der Waals surface area contributed by atoms with Gasteiger partial charge in [-0.15, -0.1) is 11.3 Å². The van der Waals surface area contributed by atoms with Crippen molar-refractivity contribution in [3.8, 4) is 5.88 Å². The van der Waals surface area contributed by atoms with Crippen LogP contribution < -0.4 is 0 Å². The van der Waals surface area contributed by atoms with E-state index in [2.05, 4.69) is 18.8 Å². The Morgan fingerprint density at radius 2 is 2.40 bits per heavy atom. The van der Waals surface area contributed by atoms with E-state index in [1.54, 1.807) is 17.1 Å². The zero-order valence-corrected chi connectivity index (χ0v) is 7.50. The fraction of sp³-hybridized carbons (Fsp3) is 0.500. The molecule has 0 fully saturated rings. The summed E-state index contributed by atoms with van der Waals surface area (Å²) in [5.74, 6) is 0.133. The lowest BCUT2D eigenvalue weighted by molar-refractivity contribution is 0.454. The number of thiazole rings is 1. The second kappa shape index (κ2) is 3.25. The molecule has 1 aromatic heterocycles. The fourth-order valence-electron chi connectivity index (χ4n) is 0.505. The summed E-state index contributed by atoms with van der Waals surface area (Å²) in [4.78, 5) is 3.89. The van der Waals surface area contributed by atoms with Gasteiger partial charge in [0.05, 0.1) is 5.38 Å². The van der Waals surface area contributed by atoms with Crippen LogP contribution in [0.2, 0.25) is 0 Å². The summed E-state index contributed by atoms with van der Waals surface area (Å²) in [5.41, 5.74) is 0. The Balaban J connectivity index is 2.58. The molecule has 0 aromatic carbocycles. The molecule has 0 radical (unpaired) electrons. The molecule has 1 aromatic rings. The largest absolute Gasteiger partial charge is 0.493 e. The van der Waals surface area contributed by atoms with E-state index in [0.29, 0.717) is 5.25 Å². The first-order valence-electron chi connectivity index (χ1n) is 2.99. The first-order chi connectivity index (χ1) is 4.68. The quantitative estimate of drug-likeness (QED) is 0.700. The van der Waals surface area contributed by atoms with Crippen LogP contribution in [0.4, 0.5) is 0 Å². The first kappa shape index (κ1) is 7.88. The summed E-state index contributed by atoms with van der Waals surface area (Å²) in [6, 6.07) is 0. The van der Waals surface area contributed by atoms with Gasteiger partial charge in [-0.05, 0) is 0 Å². The molecular formula is C6H9NOS2. The van der Waals surface area contributed by atoms with Crippen LogP contribution in [-0.4, -0.2) is 15.3 Å². The van der Waals surface area contributed by atoms with Crippen molar-refractivity contribution < 1.29 is 5.11 Å². The van der Waals surface area contributed by atoms with Crippen molar-refractivity contribution >= 4 is 23.1 Å². The van der Waals surface area contributed by atoms with Crippen LogP contribution >= 0.6 is 23.1 Å². The highest BCUT2D eigenvalue weighted by molar-refractivity contribution is 8.01. The van der Waals surface area contributed by atoms with E-state index in [0.717, 1.165) is 4.34 Å². The third-order valence-corrected chi connectivity index (χ3v) is 2.77. The molecule has 0 atom stereocenters. The highest BCUT2D eigenvalue weighted by Crippen LogP contribution is 2.28. The van der Waals surface area contributed by atoms with E-state index in [1.807, 2.05) is 0 Å². The van der Waals surface area contributed by atoms with E-state index in [9.17, 15) is 0 Å². The van der Waals surface area contributed by atoms with Crippen LogP contribution in [0, 0.1) is 0 Å². The van der Waals surface area contributed by atoms with Gasteiger partial charge >= 0.3 is 0 Å². The topological polar surface area (TPSA) is 33.1 Å². The molecule has 1 rings (SSSR count). The summed E-state index contributed by atoms with van der Waals surface area (Å²) >= 11 is 3.15. The Kier molecular flexibility index (Phi) is 2.56. The van der Waals surface area contributed by atoms with Crippen molar-refractivity contribution in [2.45, 2.75) is 23.4 Å². The monoisotopic (exact) mass is 175 g/mol. The van der Waals surface area contributed by atoms with E-state index >= 15 is 0 Å². The van der Waals surface area contributed by atoms with Crippen molar-refractivity contribution in [2.24, 2.45) is 0 Å². The Labute approximate surface area is 68.3 Å². The molecule has 0 aliphatic heterocycles. The Bertz CT molecular complexity index is 209. The normalized spacial score (nSPS) is 10.7. The smallest absolute Gasteiger partial charge is 0.222 e. The highest BCUT2D eigenvalue weighted by atomic mass is 32.2. The van der Waals surface area contributed by atoms with Crippen molar-refractivity contribution in [1.82, 2.24) is 4.98 Å². The lowest BCUT2D eigenvalue weighted by atomic mass is 10.6. The molecule has 0 amide bonds. The van der Waals surface area contributed by atoms with Crippen molar-refractivity contribution in [1.29, 1.82) is 0 Å². The van der Waals surface area contributed by atoms with E-state index < -0.39 is 0 Å². The maximum Gasteiger partial charge on any atom is 0.222 e. The summed E-state index contributed by atoms with van der Waals surface area (Å²) in [5, 5.41) is 11.0. The van der Waals surface area contributed by atoms with Gasteiger partial charge in [0, 0.05) is 5.25 Å². The third-order valence-electron chi connectivity index (χ3n) is 0.808. The third kappa shape index (κ3) is 2.19. The van der Waals surface area contributed by atoms with E-state index in [1.165, 1.54) is 11.3 Å². The predicted octanol–water partition coefficient (Wildman–Crippen LogP) is 2.35. The van der Waals surface area contributed by atoms with Crippen LogP contribution in [0.3, 0.4) is 0 Å². The second-order valence-electron chi connectivity index (χ2n) is 2.14. The van der Waals surface area contributed by atoms with E-state index in [4.69, 9.17) is 5.11 Å². The molecule has 0 aliphatic carbocycles. The summed E-state index contributed by atoms with van der Waals surface area (Å²) in [6.07, 6.45) is 0. The molecule has 10 heavy (non-hydrogen) atoms. The number of hydrogen-bond acceptors (Lipinski definition) is 4. The maximum atomic E-state index is 8.85. The zero-order valence-electron chi connectivity index (χ0n) is 5.87. The predicted molar refractivity (Wildman–Crippen MR) is 44.8 cm³/mol. The first-order valence-corrected chi connectivity index (χ1v) is 4.75. The van der Waals surface area contributed by atoms with Crippen LogP contribution in [0.25, 0.3) is 0 Å². The van der Waals surface area contributed by atoms with Gasteiger partial charge in [0.25, 0.3) is 0 Å². The molecular weight excluding hydrogens is 166 g/mol. The SMILES string of the molecule is CC(C)Sc1nc(O)cs1. The maximum absolute atomic E-state index is 8.85. The lowest BCUT2D eigenvalue weighted by Gasteiger charge is -1.97. The van der Waals surface area contributed by atoms with Gasteiger partial charge in [-0.2, -0.15) is 4.98 Å². The molecule has 56 valence electrons. The molecule has 0 saturated heterocycles. The number of nitrogens with zero attached hydrogens (tertiary/aromatic N) is 1. The molecule has 0 unspecified atom stereocenters. The number of aromatic hydroxyl groups is 1. The molecule has 0 aliphatic rings. The zero-order chi connectivity index (χ0) is 7.56. The molecule has 0 spiro atoms. The summed E-state index contributed by atoms with van der Waals surface area (Å²) < 4.78 is 0.938. The number of hydrogen-bond donors (Lipinski definition) is 1. The van der Waals surface area contributed by atoms with E-state index in [-0.39, 0.29) is 5.88 Å². The number of thioether (sulfide) groups is 1. The molecule has 1 N–H and O–H groups in total. The lowest BCUT2D eigenvalue weighted by Crippen LogP contribution is -1.83. The van der Waals surface area contributed by atoms with Gasteiger partial charge in [-0.3, -0.25) is 0 Å². The minimum Gasteiger partial charge on any atom is -0.493 e. The van der Waals surface area contributed by atoms with Crippen molar-refractivity contribution in [3.05, 3.63) is 5.38 Å². The van der Waals surface area contributed by atoms with Crippen LogP contribution in [0.15, 0.2) is 9.72 Å². The van der Waals surface area contributed by atoms with Crippen LogP contribution in [-0.2, 0) is 0 Å². The average molecular weight is 175 g/mol. The molecule has 2 nitrogen and oxygen atoms in total. The standard InChI is InChI=1S/C6H9NOS2/c1-4(2)10-6-7-5(8)3-9-6/h3-4,8H,1-2H3. The Morgan fingerprint density at radius 3 is 2.80 bits per heavy atom. The van der Waals surface area contributed by atoms with Gasteiger partial charge in [0.1, 0.15) is 0 Å². The summed E-state index contributed by atoms with van der Waals surface area (Å²) in [7, 11) is 0. The summed E-state index contributed by atoms with van der Waals surface area (Å²) in [6.45, 7) is 4.20. The molecule has 0 bridgehead atoms. The minimum absolute atomic E-state index is 0.133. The van der Waals surface area contributed by atoms with Gasteiger partial charge in [-0.1, -0.05) is 25.6 Å². The van der Waals surface area contributed by atoms with Crippen LogP contribution in [0.1, 0.15) is 13.8 Å². The van der Waals surface area contributed by atoms with Gasteiger partial charge in [-0.25, -0.2) is 0 Å². The second-order valence-corrected chi connectivity index (χ2v) is 4.82. The minimum atomic E-state index is 0.133. The van der Waals surface area contributed by atoms with Crippen molar-refractivity contribution in [3.63, 3.8) is 0 Å². The Morgan fingerprint density at radius 1 is 1.70 bits per heavy atom. The number of aromatic nitrogens is 1. The van der Waals surface area contributed by atoms with Crippen molar-refractivity contribution in [2.75, 3.05) is 0 Å². The molecule has 1 heterocycles. The van der Waals surface area contributed by atoms with Crippen LogP contribution in [0.5, 0.6) is 5.88 Å². The van der Waals surface area contributed by atoms with Gasteiger partial charge in [0.2, 0.25) is 5.88 Å².